The van der Waals surface area contributed by atoms with Crippen LogP contribution >= 0.6 is 11.6 Å². The molecule has 8 nitrogen and oxygen atoms in total. The lowest BCUT2D eigenvalue weighted by Gasteiger charge is -2.26. The summed E-state index contributed by atoms with van der Waals surface area (Å²) in [7, 11) is 0. The molecule has 0 bridgehead atoms. The quantitative estimate of drug-likeness (QED) is 0.810. The van der Waals surface area contributed by atoms with Crippen LogP contribution in [0.3, 0.4) is 0 Å². The van der Waals surface area contributed by atoms with E-state index >= 15 is 0 Å². The van der Waals surface area contributed by atoms with Gasteiger partial charge in [0.1, 0.15) is 16.9 Å². The largest absolute Gasteiger partial charge is 0.444 e. The molecule has 2 aromatic rings. The molecule has 1 saturated heterocycles. The third kappa shape index (κ3) is 3.90. The standard InChI is InChI=1S/C18H22ClN5O3/c1-9(2)15-11(4)27-18(26)24(15)14-5-6-20-17(23-14)22-10(3)12-7-13(19)16(25)21-8-12/h5-11,15H,1-4H3,(H,21,25)(H,20,22,23)/t10-,11?,15-/m0/s1. The average molecular weight is 392 g/mol. The number of carbonyl (C=O) groups is 1. The first-order valence-corrected chi connectivity index (χ1v) is 9.13. The number of cyclic esters (lactones) is 1. The third-order valence-electron chi connectivity index (χ3n) is 4.56. The van der Waals surface area contributed by atoms with Crippen molar-refractivity contribution >= 4 is 29.5 Å². The molecule has 3 rings (SSSR count). The number of carbonyl (C=O) groups excluding carboxylic acids is 1. The first kappa shape index (κ1) is 19.2. The topological polar surface area (TPSA) is 100 Å². The number of ether oxygens (including phenoxy) is 1. The zero-order chi connectivity index (χ0) is 19.7. The molecule has 0 spiro atoms. The van der Waals surface area contributed by atoms with Gasteiger partial charge in [-0.1, -0.05) is 25.4 Å². The number of anilines is 2. The van der Waals surface area contributed by atoms with E-state index in [1.165, 1.54) is 0 Å². The normalized spacial score (nSPS) is 20.7. The Bertz CT molecular complexity index is 901. The Balaban J connectivity index is 1.84. The van der Waals surface area contributed by atoms with Crippen molar-refractivity contribution in [1.82, 2.24) is 15.0 Å². The maximum absolute atomic E-state index is 12.3. The monoisotopic (exact) mass is 391 g/mol. The minimum atomic E-state index is -0.411. The lowest BCUT2D eigenvalue weighted by atomic mass is 9.99. The van der Waals surface area contributed by atoms with Gasteiger partial charge in [0.2, 0.25) is 5.95 Å². The Morgan fingerprint density at radius 3 is 2.74 bits per heavy atom. The van der Waals surface area contributed by atoms with Crippen LogP contribution in [0, 0.1) is 5.92 Å². The minimum absolute atomic E-state index is 0.101. The van der Waals surface area contributed by atoms with Crippen molar-refractivity contribution in [1.29, 1.82) is 0 Å². The zero-order valence-electron chi connectivity index (χ0n) is 15.6. The number of aromatic nitrogens is 3. The molecule has 0 aromatic carbocycles. The van der Waals surface area contributed by atoms with Gasteiger partial charge in [0, 0.05) is 12.4 Å². The third-order valence-corrected chi connectivity index (χ3v) is 4.84. The highest BCUT2D eigenvalue weighted by Crippen LogP contribution is 2.30. The highest BCUT2D eigenvalue weighted by Gasteiger charge is 2.42. The van der Waals surface area contributed by atoms with Crippen LogP contribution in [-0.2, 0) is 4.74 Å². The molecule has 1 unspecified atom stereocenters. The van der Waals surface area contributed by atoms with Gasteiger partial charge in [-0.2, -0.15) is 4.98 Å². The summed E-state index contributed by atoms with van der Waals surface area (Å²) >= 11 is 5.89. The van der Waals surface area contributed by atoms with Crippen LogP contribution in [0.4, 0.5) is 16.6 Å². The summed E-state index contributed by atoms with van der Waals surface area (Å²) in [6, 6.07) is 2.97. The van der Waals surface area contributed by atoms with Crippen molar-refractivity contribution in [3.05, 3.63) is 45.5 Å². The van der Waals surface area contributed by atoms with Gasteiger partial charge in [0.25, 0.3) is 5.56 Å². The molecule has 1 aliphatic heterocycles. The van der Waals surface area contributed by atoms with Crippen LogP contribution in [0.25, 0.3) is 0 Å². The van der Waals surface area contributed by atoms with Gasteiger partial charge >= 0.3 is 6.09 Å². The Hall–Kier alpha value is -2.61. The van der Waals surface area contributed by atoms with E-state index < -0.39 is 6.09 Å². The molecule has 3 atom stereocenters. The number of hydrogen-bond acceptors (Lipinski definition) is 6. The summed E-state index contributed by atoms with van der Waals surface area (Å²) in [5.74, 6) is 1.05. The summed E-state index contributed by atoms with van der Waals surface area (Å²) in [6.07, 6.45) is 2.55. The molecule has 1 fully saturated rings. The van der Waals surface area contributed by atoms with Crippen molar-refractivity contribution in [3.8, 4) is 0 Å². The van der Waals surface area contributed by atoms with Gasteiger partial charge < -0.3 is 15.0 Å². The molecule has 1 aliphatic rings. The lowest BCUT2D eigenvalue weighted by molar-refractivity contribution is 0.136. The first-order chi connectivity index (χ1) is 12.8. The SMILES string of the molecule is CC(C)[C@H]1C(C)OC(=O)N1c1ccnc(N[C@@H](C)c2c[nH]c(=O)c(Cl)c2)n1. The van der Waals surface area contributed by atoms with Gasteiger partial charge in [-0.25, -0.2) is 9.78 Å². The smallest absolute Gasteiger partial charge is 0.416 e. The number of nitrogens with zero attached hydrogens (tertiary/aromatic N) is 3. The molecule has 0 aliphatic carbocycles. The van der Waals surface area contributed by atoms with E-state index in [2.05, 4.69) is 20.3 Å². The predicted octanol–water partition coefficient (Wildman–Crippen LogP) is 3.36. The van der Waals surface area contributed by atoms with Gasteiger partial charge in [0.05, 0.1) is 12.1 Å². The number of halogens is 1. The maximum Gasteiger partial charge on any atom is 0.416 e. The van der Waals surface area contributed by atoms with Gasteiger partial charge in [0.15, 0.2) is 0 Å². The van der Waals surface area contributed by atoms with Crippen molar-refractivity contribution < 1.29 is 9.53 Å². The molecule has 9 heteroatoms. The van der Waals surface area contributed by atoms with Crippen LogP contribution in [0.2, 0.25) is 5.02 Å². The highest BCUT2D eigenvalue weighted by atomic mass is 35.5. The van der Waals surface area contributed by atoms with Crippen LogP contribution in [0.1, 0.15) is 39.3 Å². The van der Waals surface area contributed by atoms with E-state index in [-0.39, 0.29) is 34.7 Å². The fourth-order valence-electron chi connectivity index (χ4n) is 3.25. The fourth-order valence-corrected chi connectivity index (χ4v) is 3.44. The summed E-state index contributed by atoms with van der Waals surface area (Å²) in [4.78, 5) is 36.6. The zero-order valence-corrected chi connectivity index (χ0v) is 16.3. The lowest BCUT2D eigenvalue weighted by Crippen LogP contribution is -2.40. The summed E-state index contributed by atoms with van der Waals surface area (Å²) in [5, 5.41) is 3.27. The second-order valence-electron chi connectivity index (χ2n) is 6.91. The second kappa shape index (κ2) is 7.56. The fraction of sp³-hybridized carbons (Fsp3) is 0.444. The van der Waals surface area contributed by atoms with Gasteiger partial charge in [-0.05, 0) is 37.5 Å². The molecular weight excluding hydrogens is 370 g/mol. The number of pyridine rings is 1. The maximum atomic E-state index is 12.3. The number of amides is 1. The van der Waals surface area contributed by atoms with E-state index in [4.69, 9.17) is 16.3 Å². The van der Waals surface area contributed by atoms with Crippen molar-refractivity contribution in [2.75, 3.05) is 10.2 Å². The van der Waals surface area contributed by atoms with E-state index in [0.29, 0.717) is 11.8 Å². The van der Waals surface area contributed by atoms with Crippen molar-refractivity contribution in [2.24, 2.45) is 5.92 Å². The number of aromatic amines is 1. The minimum Gasteiger partial charge on any atom is -0.444 e. The first-order valence-electron chi connectivity index (χ1n) is 8.75. The Labute approximate surface area is 161 Å². The van der Waals surface area contributed by atoms with Crippen molar-refractivity contribution in [3.63, 3.8) is 0 Å². The Morgan fingerprint density at radius 1 is 1.33 bits per heavy atom. The van der Waals surface area contributed by atoms with E-state index in [1.54, 1.807) is 29.4 Å². The van der Waals surface area contributed by atoms with Crippen LogP contribution < -0.4 is 15.8 Å². The molecule has 27 heavy (non-hydrogen) atoms. The second-order valence-corrected chi connectivity index (χ2v) is 7.32. The molecule has 2 N–H and O–H groups in total. The summed E-state index contributed by atoms with van der Waals surface area (Å²) < 4.78 is 5.37. The number of rotatable bonds is 5. The number of nitrogens with one attached hydrogen (secondary N) is 2. The molecule has 2 aromatic heterocycles. The number of H-pyrrole nitrogens is 1. The van der Waals surface area contributed by atoms with Gasteiger partial charge in [-0.15, -0.1) is 0 Å². The summed E-state index contributed by atoms with van der Waals surface area (Å²) in [6.45, 7) is 7.85. The van der Waals surface area contributed by atoms with E-state index in [0.717, 1.165) is 5.56 Å². The van der Waals surface area contributed by atoms with Crippen LogP contribution in [0.5, 0.6) is 0 Å². The Morgan fingerprint density at radius 2 is 2.07 bits per heavy atom. The van der Waals surface area contributed by atoms with Crippen LogP contribution in [-0.4, -0.2) is 33.2 Å². The molecule has 144 valence electrons. The summed E-state index contributed by atoms with van der Waals surface area (Å²) in [5.41, 5.74) is 0.440. The van der Waals surface area contributed by atoms with E-state index in [1.807, 2.05) is 27.7 Å². The molecule has 0 saturated carbocycles. The molecule has 1 amide bonds. The van der Waals surface area contributed by atoms with E-state index in [9.17, 15) is 9.59 Å². The molecular formula is C18H22ClN5O3. The molecule has 3 heterocycles. The highest BCUT2D eigenvalue weighted by molar-refractivity contribution is 6.30. The van der Waals surface area contributed by atoms with Crippen molar-refractivity contribution in [2.45, 2.75) is 45.9 Å². The average Bonchev–Trinajstić information content (AvgIpc) is 2.91. The molecule has 0 radical (unpaired) electrons. The van der Waals surface area contributed by atoms with Crippen LogP contribution in [0.15, 0.2) is 29.3 Å². The van der Waals surface area contributed by atoms with Gasteiger partial charge in [-0.3, -0.25) is 9.69 Å². The Kier molecular flexibility index (Phi) is 5.36. The number of hydrogen-bond donors (Lipinski definition) is 2. The predicted molar refractivity (Wildman–Crippen MR) is 103 cm³/mol.